The van der Waals surface area contributed by atoms with Gasteiger partial charge in [0.1, 0.15) is 5.54 Å². The maximum absolute atomic E-state index is 6.04. The molecule has 0 saturated heterocycles. The van der Waals surface area contributed by atoms with Crippen molar-refractivity contribution >= 4 is 0 Å². The molecule has 18 heavy (non-hydrogen) atoms. The number of rotatable bonds is 4. The van der Waals surface area contributed by atoms with E-state index in [2.05, 4.69) is 15.1 Å². The van der Waals surface area contributed by atoms with Crippen molar-refractivity contribution in [3.05, 3.63) is 29.8 Å². The lowest BCUT2D eigenvalue weighted by molar-refractivity contribution is 0.135. The number of nitrogens with two attached hydrogens (primary N) is 1. The number of ether oxygens (including phenoxy) is 1. The van der Waals surface area contributed by atoms with Gasteiger partial charge in [0, 0.05) is 19.5 Å². The summed E-state index contributed by atoms with van der Waals surface area (Å²) in [7, 11) is 1.58. The normalized spacial score (nSPS) is 14.4. The Bertz CT molecular complexity index is 536. The first-order valence-electron chi connectivity index (χ1n) is 5.57. The second-order valence-corrected chi connectivity index (χ2v) is 4.52. The van der Waals surface area contributed by atoms with Crippen LogP contribution in [0.2, 0.25) is 0 Å². The van der Waals surface area contributed by atoms with Crippen molar-refractivity contribution in [3.8, 4) is 11.5 Å². The highest BCUT2D eigenvalue weighted by Gasteiger charge is 2.27. The van der Waals surface area contributed by atoms with E-state index in [0.717, 1.165) is 11.1 Å². The van der Waals surface area contributed by atoms with Gasteiger partial charge in [0.2, 0.25) is 0 Å². The monoisotopic (exact) mass is 248 g/mol. The predicted molar refractivity (Wildman–Crippen MR) is 65.7 cm³/mol. The summed E-state index contributed by atoms with van der Waals surface area (Å²) in [5.41, 5.74) is 7.08. The Morgan fingerprint density at radius 2 is 2.22 bits per heavy atom. The molecule has 96 valence electrons. The van der Waals surface area contributed by atoms with E-state index in [-0.39, 0.29) is 0 Å². The summed E-state index contributed by atoms with van der Waals surface area (Å²) in [6, 6.07) is 1.93. The maximum atomic E-state index is 6.04. The van der Waals surface area contributed by atoms with Crippen molar-refractivity contribution in [2.45, 2.75) is 19.4 Å². The molecule has 0 aliphatic rings. The first-order valence-corrected chi connectivity index (χ1v) is 5.57. The van der Waals surface area contributed by atoms with Crippen LogP contribution in [0.15, 0.2) is 23.0 Å². The van der Waals surface area contributed by atoms with Crippen molar-refractivity contribution < 1.29 is 9.26 Å². The van der Waals surface area contributed by atoms with Gasteiger partial charge in [-0.25, -0.2) is 0 Å². The number of aromatic nitrogens is 3. The van der Waals surface area contributed by atoms with Gasteiger partial charge < -0.3 is 15.0 Å². The molecule has 1 atom stereocenters. The van der Waals surface area contributed by atoms with Crippen LogP contribution in [0.1, 0.15) is 18.3 Å². The van der Waals surface area contributed by atoms with E-state index in [0.29, 0.717) is 18.3 Å². The number of pyridine rings is 1. The average Bonchev–Trinajstić information content (AvgIpc) is 2.78. The Balaban J connectivity index is 2.31. The molecule has 0 saturated carbocycles. The van der Waals surface area contributed by atoms with E-state index in [1.165, 1.54) is 0 Å². The highest BCUT2D eigenvalue weighted by atomic mass is 16.5. The van der Waals surface area contributed by atoms with Gasteiger partial charge in [-0.3, -0.25) is 4.98 Å². The summed E-state index contributed by atoms with van der Waals surface area (Å²) >= 11 is 0. The largest absolute Gasteiger partial charge is 0.382 e. The number of nitrogens with zero attached hydrogens (tertiary/aromatic N) is 3. The van der Waals surface area contributed by atoms with Crippen LogP contribution in [0.5, 0.6) is 0 Å². The van der Waals surface area contributed by atoms with Crippen LogP contribution in [0.4, 0.5) is 0 Å². The molecule has 2 aromatic rings. The van der Waals surface area contributed by atoms with Gasteiger partial charge in [0.05, 0.1) is 12.2 Å². The van der Waals surface area contributed by atoms with E-state index in [9.17, 15) is 0 Å². The molecule has 2 rings (SSSR count). The van der Waals surface area contributed by atoms with Crippen LogP contribution in [0.25, 0.3) is 11.5 Å². The summed E-state index contributed by atoms with van der Waals surface area (Å²) in [6.07, 6.45) is 3.44. The van der Waals surface area contributed by atoms with Crippen LogP contribution in [0, 0.1) is 6.92 Å². The zero-order valence-corrected chi connectivity index (χ0v) is 10.7. The highest BCUT2D eigenvalue weighted by Crippen LogP contribution is 2.21. The van der Waals surface area contributed by atoms with Gasteiger partial charge in [0.25, 0.3) is 5.89 Å². The molecule has 0 spiro atoms. The molecule has 2 N–H and O–H groups in total. The van der Waals surface area contributed by atoms with Crippen LogP contribution in [-0.2, 0) is 10.3 Å². The summed E-state index contributed by atoms with van der Waals surface area (Å²) in [4.78, 5) is 8.37. The van der Waals surface area contributed by atoms with Gasteiger partial charge in [0.15, 0.2) is 5.82 Å². The van der Waals surface area contributed by atoms with Gasteiger partial charge >= 0.3 is 0 Å². The molecule has 0 amide bonds. The van der Waals surface area contributed by atoms with Gasteiger partial charge in [-0.05, 0) is 25.5 Å². The van der Waals surface area contributed by atoms with E-state index >= 15 is 0 Å². The first kappa shape index (κ1) is 12.7. The molecule has 6 nitrogen and oxygen atoms in total. The van der Waals surface area contributed by atoms with Gasteiger partial charge in [-0.2, -0.15) is 4.98 Å². The van der Waals surface area contributed by atoms with Crippen LogP contribution < -0.4 is 5.73 Å². The summed E-state index contributed by atoms with van der Waals surface area (Å²) in [6.45, 7) is 4.06. The Morgan fingerprint density at radius 1 is 1.44 bits per heavy atom. The van der Waals surface area contributed by atoms with Gasteiger partial charge in [-0.15, -0.1) is 0 Å². The molecular weight excluding hydrogens is 232 g/mol. The second-order valence-electron chi connectivity index (χ2n) is 4.52. The smallest absolute Gasteiger partial charge is 0.259 e. The van der Waals surface area contributed by atoms with Crippen LogP contribution >= 0.6 is 0 Å². The summed E-state index contributed by atoms with van der Waals surface area (Å²) in [5, 5.41) is 3.89. The molecule has 0 bridgehead atoms. The molecule has 0 fully saturated rings. The van der Waals surface area contributed by atoms with Gasteiger partial charge in [-0.1, -0.05) is 5.16 Å². The third-order valence-corrected chi connectivity index (χ3v) is 2.50. The van der Waals surface area contributed by atoms with Crippen LogP contribution in [0.3, 0.4) is 0 Å². The molecule has 0 aliphatic carbocycles. The third kappa shape index (κ3) is 2.55. The highest BCUT2D eigenvalue weighted by molar-refractivity contribution is 5.52. The molecule has 6 heteroatoms. The molecule has 2 aromatic heterocycles. The molecule has 0 aliphatic heterocycles. The third-order valence-electron chi connectivity index (χ3n) is 2.50. The Morgan fingerprint density at radius 3 is 2.89 bits per heavy atom. The molecule has 2 heterocycles. The van der Waals surface area contributed by atoms with Crippen molar-refractivity contribution in [1.82, 2.24) is 15.1 Å². The van der Waals surface area contributed by atoms with Crippen molar-refractivity contribution in [2.75, 3.05) is 13.7 Å². The van der Waals surface area contributed by atoms with E-state index in [4.69, 9.17) is 15.0 Å². The molecule has 0 aromatic carbocycles. The number of aryl methyl sites for hydroxylation is 1. The average molecular weight is 248 g/mol. The van der Waals surface area contributed by atoms with E-state index < -0.39 is 5.54 Å². The molecular formula is C12H16N4O2. The van der Waals surface area contributed by atoms with E-state index in [1.54, 1.807) is 26.4 Å². The minimum Gasteiger partial charge on any atom is -0.382 e. The van der Waals surface area contributed by atoms with Crippen molar-refractivity contribution in [1.29, 1.82) is 0 Å². The lowest BCUT2D eigenvalue weighted by Crippen LogP contribution is -2.38. The topological polar surface area (TPSA) is 87.1 Å². The van der Waals surface area contributed by atoms with Crippen LogP contribution in [-0.4, -0.2) is 28.8 Å². The lowest BCUT2D eigenvalue weighted by atomic mass is 10.1. The zero-order valence-electron chi connectivity index (χ0n) is 10.7. The Kier molecular flexibility index (Phi) is 3.40. The summed E-state index contributed by atoms with van der Waals surface area (Å²) in [5.74, 6) is 0.829. The maximum Gasteiger partial charge on any atom is 0.259 e. The number of methoxy groups -OCH3 is 1. The fraction of sp³-hybridized carbons (Fsp3) is 0.417. The van der Waals surface area contributed by atoms with E-state index in [1.807, 2.05) is 13.0 Å². The molecule has 1 unspecified atom stereocenters. The molecule has 0 radical (unpaired) electrons. The SMILES string of the molecule is COCC(C)(N)c1noc(-c2cncc(C)c2)n1. The lowest BCUT2D eigenvalue weighted by Gasteiger charge is -2.18. The summed E-state index contributed by atoms with van der Waals surface area (Å²) < 4.78 is 10.2. The number of hydrogen-bond acceptors (Lipinski definition) is 6. The predicted octanol–water partition coefficient (Wildman–Crippen LogP) is 1.26. The Hall–Kier alpha value is -1.79. The quantitative estimate of drug-likeness (QED) is 0.876. The van der Waals surface area contributed by atoms with Crippen molar-refractivity contribution in [3.63, 3.8) is 0 Å². The zero-order chi connectivity index (χ0) is 13.2. The minimum absolute atomic E-state index is 0.318. The van der Waals surface area contributed by atoms with Crippen molar-refractivity contribution in [2.24, 2.45) is 5.73 Å². The fourth-order valence-electron chi connectivity index (χ4n) is 1.61. The standard InChI is InChI=1S/C12H16N4O2/c1-8-4-9(6-14-5-8)10-15-11(16-18-10)12(2,13)7-17-3/h4-6H,7,13H2,1-3H3. The minimum atomic E-state index is -0.770. The number of hydrogen-bond donors (Lipinski definition) is 1. The fourth-order valence-corrected chi connectivity index (χ4v) is 1.61. The first-order chi connectivity index (χ1) is 8.53. The Labute approximate surface area is 105 Å². The second kappa shape index (κ2) is 4.83.